The van der Waals surface area contributed by atoms with E-state index in [0.29, 0.717) is 29.5 Å². The summed E-state index contributed by atoms with van der Waals surface area (Å²) in [6.07, 6.45) is 2.20. The van der Waals surface area contributed by atoms with E-state index >= 15 is 4.39 Å². The number of likely N-dealkylation sites (tertiary alicyclic amines) is 1. The second kappa shape index (κ2) is 11.7. The standard InChI is InChI=1S/C29H27FN4O7/c1-17-6-3-4-7-20(17)32-26(18-9-11-21-25(15-18)40-16-31-21)27(35)22-8-5-13-33(22)29(30)41-24-12-10-19(28(36)39-2)14-23(24)34(37)38/h3-4,6-7,9-12,14-16,22,26,29,32H,5,8,13H2,1-2H3/t22-,26-,29-/m0/s1. The number of oxazole rings is 1. The van der Waals surface area contributed by atoms with Gasteiger partial charge in [-0.1, -0.05) is 24.3 Å². The molecule has 1 aromatic heterocycles. The van der Waals surface area contributed by atoms with Crippen molar-refractivity contribution in [2.75, 3.05) is 19.0 Å². The minimum atomic E-state index is -2.16. The molecule has 3 aromatic carbocycles. The van der Waals surface area contributed by atoms with E-state index < -0.39 is 35.1 Å². The van der Waals surface area contributed by atoms with Crippen molar-refractivity contribution in [3.8, 4) is 5.75 Å². The number of ether oxygens (including phenoxy) is 2. The number of methoxy groups -OCH3 is 1. The molecule has 1 aliphatic heterocycles. The largest absolute Gasteiger partial charge is 0.465 e. The molecule has 3 atom stereocenters. The third-order valence-electron chi connectivity index (χ3n) is 7.10. The van der Waals surface area contributed by atoms with Gasteiger partial charge in [0.2, 0.25) is 5.75 Å². The lowest BCUT2D eigenvalue weighted by Crippen LogP contribution is -2.46. The molecule has 0 bridgehead atoms. The van der Waals surface area contributed by atoms with E-state index in [1.807, 2.05) is 31.2 Å². The first kappa shape index (κ1) is 27.7. The molecule has 0 unspecified atom stereocenters. The molecule has 1 aliphatic rings. The van der Waals surface area contributed by atoms with Crippen molar-refractivity contribution in [3.05, 3.63) is 93.9 Å². The summed E-state index contributed by atoms with van der Waals surface area (Å²) in [5, 5.41) is 15.0. The number of para-hydroxylation sites is 1. The number of aromatic nitrogens is 1. The Labute approximate surface area is 234 Å². The van der Waals surface area contributed by atoms with Crippen LogP contribution in [-0.2, 0) is 9.53 Å². The number of alkyl halides is 1. The molecule has 12 heteroatoms. The van der Waals surface area contributed by atoms with Crippen molar-refractivity contribution in [2.45, 2.75) is 38.3 Å². The molecule has 0 radical (unpaired) electrons. The number of Topliss-reactive ketones (excluding diaryl/α,β-unsaturated/α-hetero) is 1. The molecular weight excluding hydrogens is 535 g/mol. The normalized spacial score (nSPS) is 16.7. The van der Waals surface area contributed by atoms with Crippen LogP contribution in [0.5, 0.6) is 5.75 Å². The van der Waals surface area contributed by atoms with Crippen molar-refractivity contribution in [1.82, 2.24) is 9.88 Å². The van der Waals surface area contributed by atoms with Gasteiger partial charge in [0.1, 0.15) is 11.6 Å². The van der Waals surface area contributed by atoms with E-state index in [1.165, 1.54) is 17.4 Å². The Morgan fingerprint density at radius 2 is 2.00 bits per heavy atom. The van der Waals surface area contributed by atoms with E-state index in [2.05, 4.69) is 15.0 Å². The average molecular weight is 563 g/mol. The van der Waals surface area contributed by atoms with Crippen LogP contribution < -0.4 is 10.1 Å². The van der Waals surface area contributed by atoms with Crippen molar-refractivity contribution >= 4 is 34.2 Å². The van der Waals surface area contributed by atoms with Gasteiger partial charge in [0.25, 0.3) is 6.48 Å². The number of aryl methyl sites for hydroxylation is 1. The molecule has 0 spiro atoms. The lowest BCUT2D eigenvalue weighted by Gasteiger charge is -2.30. The van der Waals surface area contributed by atoms with Gasteiger partial charge in [-0.15, -0.1) is 0 Å². The number of nitro groups is 1. The number of carbonyl (C=O) groups excluding carboxylic acids is 2. The highest BCUT2D eigenvalue weighted by Gasteiger charge is 2.41. The summed E-state index contributed by atoms with van der Waals surface area (Å²) in [5.41, 5.74) is 2.73. The molecule has 1 saturated heterocycles. The van der Waals surface area contributed by atoms with Gasteiger partial charge in [-0.05, 0) is 61.2 Å². The number of anilines is 1. The van der Waals surface area contributed by atoms with Crippen LogP contribution in [-0.4, -0.2) is 52.7 Å². The third kappa shape index (κ3) is 5.73. The van der Waals surface area contributed by atoms with Crippen LogP contribution in [0.4, 0.5) is 15.8 Å². The fourth-order valence-corrected chi connectivity index (χ4v) is 4.97. The van der Waals surface area contributed by atoms with E-state index in [-0.39, 0.29) is 23.6 Å². The molecule has 41 heavy (non-hydrogen) atoms. The van der Waals surface area contributed by atoms with Gasteiger partial charge in [-0.2, -0.15) is 4.39 Å². The number of rotatable bonds is 10. The average Bonchev–Trinajstić information content (AvgIpc) is 3.66. The fraction of sp³-hybridized carbons (Fsp3) is 0.276. The number of nitrogens with zero attached hydrogens (tertiary/aromatic N) is 3. The zero-order valence-corrected chi connectivity index (χ0v) is 22.3. The molecule has 4 aromatic rings. The van der Waals surface area contributed by atoms with Gasteiger partial charge in [-0.25, -0.2) is 14.7 Å². The summed E-state index contributed by atoms with van der Waals surface area (Å²) in [6, 6.07) is 14.3. The molecule has 11 nitrogen and oxygen atoms in total. The molecular formula is C29H27FN4O7. The topological polar surface area (TPSA) is 137 Å². The summed E-state index contributed by atoms with van der Waals surface area (Å²) < 4.78 is 31.1. The lowest BCUT2D eigenvalue weighted by molar-refractivity contribution is -0.386. The zero-order valence-electron chi connectivity index (χ0n) is 22.3. The Bertz CT molecular complexity index is 1610. The Morgan fingerprint density at radius 1 is 1.20 bits per heavy atom. The van der Waals surface area contributed by atoms with Gasteiger partial charge < -0.3 is 19.2 Å². The fourth-order valence-electron chi connectivity index (χ4n) is 4.97. The predicted molar refractivity (Wildman–Crippen MR) is 146 cm³/mol. The monoisotopic (exact) mass is 562 g/mol. The molecule has 0 saturated carbocycles. The SMILES string of the molecule is COC(=O)c1ccc(O[C@@H](F)N2CCC[C@H]2C(=O)[C@@H](Nc2ccccc2C)c2ccc3ncoc3c2)c([N+](=O)[O-])c1. The molecule has 1 fully saturated rings. The van der Waals surface area contributed by atoms with E-state index in [0.717, 1.165) is 30.5 Å². The number of esters is 1. The van der Waals surface area contributed by atoms with Gasteiger partial charge >= 0.3 is 11.7 Å². The van der Waals surface area contributed by atoms with Gasteiger partial charge in [0.05, 0.1) is 23.6 Å². The summed E-state index contributed by atoms with van der Waals surface area (Å²) in [5.74, 6) is -1.46. The smallest absolute Gasteiger partial charge is 0.338 e. The Hall–Kier alpha value is -4.84. The Balaban J connectivity index is 1.43. The van der Waals surface area contributed by atoms with E-state index in [4.69, 9.17) is 9.15 Å². The number of benzene rings is 3. The number of nitrogens with one attached hydrogen (secondary N) is 1. The Morgan fingerprint density at radius 3 is 2.76 bits per heavy atom. The minimum Gasteiger partial charge on any atom is -0.465 e. The number of hydrogen-bond acceptors (Lipinski definition) is 10. The van der Waals surface area contributed by atoms with Crippen LogP contribution in [0.15, 0.2) is 71.5 Å². The van der Waals surface area contributed by atoms with Crippen LogP contribution in [0.3, 0.4) is 0 Å². The summed E-state index contributed by atoms with van der Waals surface area (Å²) in [6.45, 7) is -0.0519. The van der Waals surface area contributed by atoms with E-state index in [9.17, 15) is 19.7 Å². The molecule has 5 rings (SSSR count). The second-order valence-corrected chi connectivity index (χ2v) is 9.61. The number of fused-ring (bicyclic) bond motifs is 1. The lowest BCUT2D eigenvalue weighted by atomic mass is 9.95. The zero-order chi connectivity index (χ0) is 29.1. The highest BCUT2D eigenvalue weighted by atomic mass is 19.1. The molecule has 212 valence electrons. The van der Waals surface area contributed by atoms with Crippen molar-refractivity contribution in [2.24, 2.45) is 0 Å². The highest BCUT2D eigenvalue weighted by Crippen LogP contribution is 2.34. The molecule has 0 amide bonds. The Kier molecular flexibility index (Phi) is 7.92. The maximum absolute atomic E-state index is 15.7. The second-order valence-electron chi connectivity index (χ2n) is 9.61. The molecule has 2 heterocycles. The van der Waals surface area contributed by atoms with Gasteiger partial charge in [-0.3, -0.25) is 14.9 Å². The highest BCUT2D eigenvalue weighted by molar-refractivity contribution is 5.93. The number of halogens is 1. The first-order valence-corrected chi connectivity index (χ1v) is 12.9. The van der Waals surface area contributed by atoms with Gasteiger partial charge in [0.15, 0.2) is 17.8 Å². The van der Waals surface area contributed by atoms with Crippen molar-refractivity contribution < 1.29 is 32.8 Å². The van der Waals surface area contributed by atoms with Crippen molar-refractivity contribution in [1.29, 1.82) is 0 Å². The van der Waals surface area contributed by atoms with E-state index in [1.54, 1.807) is 18.2 Å². The maximum atomic E-state index is 15.7. The molecule has 0 aliphatic carbocycles. The van der Waals surface area contributed by atoms with Crippen LogP contribution in [0.2, 0.25) is 0 Å². The quantitative estimate of drug-likeness (QED) is 0.117. The first-order chi connectivity index (χ1) is 19.8. The third-order valence-corrected chi connectivity index (χ3v) is 7.10. The van der Waals surface area contributed by atoms with Crippen LogP contribution in [0.1, 0.15) is 40.4 Å². The van der Waals surface area contributed by atoms with Crippen LogP contribution in [0, 0.1) is 17.0 Å². The number of nitro benzene ring substituents is 1. The number of ketones is 1. The van der Waals surface area contributed by atoms with Crippen molar-refractivity contribution in [3.63, 3.8) is 0 Å². The summed E-state index contributed by atoms with van der Waals surface area (Å²) in [4.78, 5) is 42.2. The molecule has 1 N–H and O–H groups in total. The maximum Gasteiger partial charge on any atom is 0.338 e. The first-order valence-electron chi connectivity index (χ1n) is 12.9. The number of carbonyl (C=O) groups is 2. The summed E-state index contributed by atoms with van der Waals surface area (Å²) in [7, 11) is 1.14. The van der Waals surface area contributed by atoms with Crippen LogP contribution >= 0.6 is 0 Å². The minimum absolute atomic E-state index is 0.0787. The summed E-state index contributed by atoms with van der Waals surface area (Å²) >= 11 is 0. The van der Waals surface area contributed by atoms with Gasteiger partial charge in [0, 0.05) is 18.3 Å². The number of hydrogen-bond donors (Lipinski definition) is 1. The van der Waals surface area contributed by atoms with Crippen LogP contribution in [0.25, 0.3) is 11.1 Å². The predicted octanol–water partition coefficient (Wildman–Crippen LogP) is 5.35.